The second kappa shape index (κ2) is 25.4. The molecule has 0 unspecified atom stereocenters. The number of para-hydroxylation sites is 2. The standard InChI is InChI=1S/C27H29N3O3.C15H15NO2.C12H17N/c1-33-26(31)24-14-12-23(13-15-24)21-30(25-10-6-3-7-11-25)27(32)29-18-16-28(17-19-29)20-22-8-4-2-5-9-22;1-18-15(17)13-9-7-12(8-10-13)11-16-14-5-3-2-4-6-14;1-3-7-12(8-4-1)11-13-9-5-2-6-10-13/h2-15H,16-21H2,1H3;2-10,16H,11H2,1H3;1,3-4,7-8H,2,5-6,9-11H2. The van der Waals surface area contributed by atoms with Crippen molar-refractivity contribution in [2.75, 3.05) is 63.7 Å². The zero-order chi connectivity index (χ0) is 44.8. The predicted molar refractivity (Wildman–Crippen MR) is 256 cm³/mol. The Balaban J connectivity index is 0.000000182. The fourth-order valence-corrected chi connectivity index (χ4v) is 7.63. The zero-order valence-electron chi connectivity index (χ0n) is 37.2. The van der Waals surface area contributed by atoms with Crippen molar-refractivity contribution in [2.45, 2.75) is 45.4 Å². The van der Waals surface area contributed by atoms with Gasteiger partial charge in [-0.1, -0.05) is 128 Å². The van der Waals surface area contributed by atoms with Crippen LogP contribution in [0.3, 0.4) is 0 Å². The first-order chi connectivity index (χ1) is 31.4. The number of urea groups is 1. The van der Waals surface area contributed by atoms with E-state index in [1.165, 1.54) is 57.7 Å². The predicted octanol–water partition coefficient (Wildman–Crippen LogP) is 10.2. The van der Waals surface area contributed by atoms with Crippen LogP contribution in [0, 0.1) is 0 Å². The summed E-state index contributed by atoms with van der Waals surface area (Å²) in [6.45, 7) is 8.84. The topological polar surface area (TPSA) is 94.7 Å². The first kappa shape index (κ1) is 46.7. The molecule has 0 aliphatic carbocycles. The molecule has 2 aliphatic heterocycles. The van der Waals surface area contributed by atoms with E-state index >= 15 is 0 Å². The van der Waals surface area contributed by atoms with Crippen molar-refractivity contribution in [1.82, 2.24) is 14.7 Å². The largest absolute Gasteiger partial charge is 0.465 e. The van der Waals surface area contributed by atoms with Gasteiger partial charge in [-0.3, -0.25) is 14.7 Å². The highest BCUT2D eigenvalue weighted by molar-refractivity contribution is 5.92. The van der Waals surface area contributed by atoms with Crippen LogP contribution in [0.25, 0.3) is 0 Å². The summed E-state index contributed by atoms with van der Waals surface area (Å²) in [5.74, 6) is -0.677. The van der Waals surface area contributed by atoms with Gasteiger partial charge in [-0.25, -0.2) is 14.4 Å². The molecule has 0 spiro atoms. The number of hydrogen-bond acceptors (Lipinski definition) is 8. The zero-order valence-corrected chi connectivity index (χ0v) is 37.2. The van der Waals surface area contributed by atoms with Gasteiger partial charge in [0, 0.05) is 57.2 Å². The highest BCUT2D eigenvalue weighted by Gasteiger charge is 2.26. The van der Waals surface area contributed by atoms with E-state index in [1.54, 1.807) is 29.2 Å². The van der Waals surface area contributed by atoms with Gasteiger partial charge in [-0.15, -0.1) is 0 Å². The number of benzene rings is 6. The minimum Gasteiger partial charge on any atom is -0.465 e. The van der Waals surface area contributed by atoms with Gasteiger partial charge in [0.1, 0.15) is 0 Å². The van der Waals surface area contributed by atoms with Crippen LogP contribution >= 0.6 is 0 Å². The molecule has 0 aromatic heterocycles. The summed E-state index contributed by atoms with van der Waals surface area (Å²) in [7, 11) is 2.75. The van der Waals surface area contributed by atoms with E-state index in [4.69, 9.17) is 4.74 Å². The Labute approximate surface area is 379 Å². The minimum atomic E-state index is -0.370. The van der Waals surface area contributed by atoms with Gasteiger partial charge in [0.15, 0.2) is 0 Å². The Morgan fingerprint density at radius 3 is 1.41 bits per heavy atom. The number of esters is 2. The normalized spacial score (nSPS) is 13.8. The number of methoxy groups -OCH3 is 2. The van der Waals surface area contributed by atoms with Crippen molar-refractivity contribution in [3.63, 3.8) is 0 Å². The molecule has 10 heteroatoms. The van der Waals surface area contributed by atoms with Crippen LogP contribution in [0.1, 0.15) is 62.2 Å². The molecule has 2 amide bonds. The van der Waals surface area contributed by atoms with E-state index in [2.05, 4.69) is 74.5 Å². The van der Waals surface area contributed by atoms with E-state index in [1.807, 2.05) is 95.9 Å². The number of amides is 2. The molecule has 0 radical (unpaired) electrons. The second-order valence-electron chi connectivity index (χ2n) is 15.9. The fourth-order valence-electron chi connectivity index (χ4n) is 7.63. The lowest BCUT2D eigenvalue weighted by molar-refractivity contribution is 0.0592. The Hall–Kier alpha value is -6.75. The average Bonchev–Trinajstić information content (AvgIpc) is 3.37. The monoisotopic (exact) mass is 859 g/mol. The second-order valence-corrected chi connectivity index (χ2v) is 15.9. The molecule has 0 atom stereocenters. The number of nitrogens with zero attached hydrogens (tertiary/aromatic N) is 4. The maximum Gasteiger partial charge on any atom is 0.337 e. The number of hydrogen-bond donors (Lipinski definition) is 1. The Bertz CT molecular complexity index is 2260. The van der Waals surface area contributed by atoms with Gasteiger partial charge in [0.2, 0.25) is 0 Å². The number of rotatable bonds is 12. The first-order valence-electron chi connectivity index (χ1n) is 22.2. The molecular weight excluding hydrogens is 799 g/mol. The molecule has 10 nitrogen and oxygen atoms in total. The quantitative estimate of drug-likeness (QED) is 0.122. The van der Waals surface area contributed by atoms with E-state index in [0.29, 0.717) is 30.8 Å². The third kappa shape index (κ3) is 15.0. The third-order valence-electron chi connectivity index (χ3n) is 11.2. The van der Waals surface area contributed by atoms with Crippen LogP contribution in [0.2, 0.25) is 0 Å². The molecule has 2 saturated heterocycles. The summed E-state index contributed by atoms with van der Waals surface area (Å²) < 4.78 is 9.43. The highest BCUT2D eigenvalue weighted by atomic mass is 16.5. The number of piperidine rings is 1. The fraction of sp³-hybridized carbons (Fsp3) is 0.278. The summed E-state index contributed by atoms with van der Waals surface area (Å²) in [5.41, 5.74) is 7.80. The Morgan fingerprint density at radius 2 is 0.922 bits per heavy atom. The number of ether oxygens (including phenoxy) is 2. The molecule has 332 valence electrons. The van der Waals surface area contributed by atoms with Crippen LogP contribution in [-0.4, -0.2) is 86.2 Å². The minimum absolute atomic E-state index is 0.00222. The van der Waals surface area contributed by atoms with Gasteiger partial charge in [-0.05, 0) is 96.7 Å². The molecular formula is C54H61N5O5. The van der Waals surface area contributed by atoms with Crippen LogP contribution in [0.5, 0.6) is 0 Å². The van der Waals surface area contributed by atoms with Crippen LogP contribution in [0.15, 0.2) is 170 Å². The molecule has 6 aromatic carbocycles. The van der Waals surface area contributed by atoms with Gasteiger partial charge in [0.25, 0.3) is 0 Å². The molecule has 64 heavy (non-hydrogen) atoms. The van der Waals surface area contributed by atoms with Crippen molar-refractivity contribution in [3.8, 4) is 0 Å². The average molecular weight is 860 g/mol. The third-order valence-corrected chi connectivity index (χ3v) is 11.2. The number of nitrogens with one attached hydrogen (secondary N) is 1. The van der Waals surface area contributed by atoms with Crippen molar-refractivity contribution in [3.05, 3.63) is 203 Å². The lowest BCUT2D eigenvalue weighted by Gasteiger charge is -2.37. The van der Waals surface area contributed by atoms with E-state index in [9.17, 15) is 14.4 Å². The molecule has 2 fully saturated rings. The lowest BCUT2D eigenvalue weighted by atomic mass is 10.1. The maximum atomic E-state index is 13.5. The Morgan fingerprint density at radius 1 is 0.484 bits per heavy atom. The number of carbonyl (C=O) groups excluding carboxylic acids is 3. The van der Waals surface area contributed by atoms with Gasteiger partial charge >= 0.3 is 18.0 Å². The van der Waals surface area contributed by atoms with E-state index in [-0.39, 0.29) is 18.0 Å². The maximum absolute atomic E-state index is 13.5. The smallest absolute Gasteiger partial charge is 0.337 e. The molecule has 0 bridgehead atoms. The summed E-state index contributed by atoms with van der Waals surface area (Å²) in [6, 6.07) is 55.5. The highest BCUT2D eigenvalue weighted by Crippen LogP contribution is 2.21. The molecule has 0 saturated carbocycles. The van der Waals surface area contributed by atoms with Gasteiger partial charge in [0.05, 0.1) is 31.9 Å². The van der Waals surface area contributed by atoms with Gasteiger partial charge < -0.3 is 19.7 Å². The van der Waals surface area contributed by atoms with Crippen molar-refractivity contribution >= 4 is 29.3 Å². The lowest BCUT2D eigenvalue weighted by Crippen LogP contribution is -2.52. The van der Waals surface area contributed by atoms with Crippen molar-refractivity contribution < 1.29 is 23.9 Å². The van der Waals surface area contributed by atoms with Gasteiger partial charge in [-0.2, -0.15) is 0 Å². The number of likely N-dealkylation sites (tertiary alicyclic amines) is 1. The summed E-state index contributed by atoms with van der Waals surface area (Å²) in [5, 5.41) is 3.31. The van der Waals surface area contributed by atoms with Crippen LogP contribution in [-0.2, 0) is 35.7 Å². The summed E-state index contributed by atoms with van der Waals surface area (Å²) >= 11 is 0. The van der Waals surface area contributed by atoms with E-state index in [0.717, 1.165) is 55.2 Å². The van der Waals surface area contributed by atoms with Crippen molar-refractivity contribution in [1.29, 1.82) is 0 Å². The summed E-state index contributed by atoms with van der Waals surface area (Å²) in [4.78, 5) is 45.2. The molecule has 2 aliphatic rings. The number of carbonyl (C=O) groups is 3. The van der Waals surface area contributed by atoms with Crippen LogP contribution in [0.4, 0.5) is 16.2 Å². The van der Waals surface area contributed by atoms with Crippen LogP contribution < -0.4 is 10.2 Å². The number of piperazine rings is 1. The van der Waals surface area contributed by atoms with E-state index < -0.39 is 0 Å². The molecule has 1 N–H and O–H groups in total. The SMILES string of the molecule is COC(=O)c1ccc(CN(C(=O)N2CCN(Cc3ccccc3)CC2)c2ccccc2)cc1.COC(=O)c1ccc(CNc2ccccc2)cc1.c1ccc(CN2CCCCC2)cc1. The summed E-state index contributed by atoms with van der Waals surface area (Å²) in [6.07, 6.45) is 4.19. The number of anilines is 2. The molecule has 2 heterocycles. The Kier molecular flexibility index (Phi) is 18.5. The molecule has 6 aromatic rings. The first-order valence-corrected chi connectivity index (χ1v) is 22.2. The molecule has 8 rings (SSSR count). The van der Waals surface area contributed by atoms with Crippen molar-refractivity contribution in [2.24, 2.45) is 0 Å².